The molecule has 0 spiro atoms. The van der Waals surface area contributed by atoms with E-state index in [-0.39, 0.29) is 0 Å². The molecule has 3 N–H and O–H groups in total. The van der Waals surface area contributed by atoms with Gasteiger partial charge in [-0.3, -0.25) is 0 Å². The Morgan fingerprint density at radius 2 is 2.33 bits per heavy atom. The Morgan fingerprint density at radius 1 is 1.50 bits per heavy atom. The molecule has 1 aliphatic rings. The first-order valence-corrected chi connectivity index (χ1v) is 6.81. The van der Waals surface area contributed by atoms with Gasteiger partial charge >= 0.3 is 0 Å². The van der Waals surface area contributed by atoms with Crippen LogP contribution in [-0.4, -0.2) is 35.6 Å². The van der Waals surface area contributed by atoms with Gasteiger partial charge < -0.3 is 16.0 Å². The van der Waals surface area contributed by atoms with Crippen molar-refractivity contribution in [3.8, 4) is 0 Å². The summed E-state index contributed by atoms with van der Waals surface area (Å²) in [4.78, 5) is 11.3. The van der Waals surface area contributed by atoms with E-state index in [4.69, 9.17) is 5.73 Å². The number of nitrogens with two attached hydrogens (primary N) is 1. The topological polar surface area (TPSA) is 67.1 Å². The van der Waals surface area contributed by atoms with Gasteiger partial charge in [-0.05, 0) is 26.2 Å². The zero-order chi connectivity index (χ0) is 13.0. The van der Waals surface area contributed by atoms with Gasteiger partial charge in [0.25, 0.3) is 0 Å². The monoisotopic (exact) mass is 249 g/mol. The van der Waals surface area contributed by atoms with Crippen molar-refractivity contribution in [3.05, 3.63) is 11.9 Å². The van der Waals surface area contributed by atoms with Crippen LogP contribution in [0.1, 0.15) is 32.0 Å². The Labute approximate surface area is 109 Å². The molecule has 5 heteroatoms. The van der Waals surface area contributed by atoms with Crippen LogP contribution in [-0.2, 0) is 0 Å². The molecule has 0 bridgehead atoms. The molecule has 100 valence electrons. The van der Waals surface area contributed by atoms with Gasteiger partial charge in [0.1, 0.15) is 17.5 Å². The normalized spacial score (nSPS) is 19.3. The van der Waals surface area contributed by atoms with Crippen molar-refractivity contribution in [2.75, 3.05) is 29.9 Å². The fourth-order valence-corrected chi connectivity index (χ4v) is 2.43. The van der Waals surface area contributed by atoms with Gasteiger partial charge in [-0.2, -0.15) is 0 Å². The smallest absolute Gasteiger partial charge is 0.134 e. The maximum absolute atomic E-state index is 5.82. The molecule has 2 heterocycles. The Hall–Kier alpha value is -1.36. The second-order valence-corrected chi connectivity index (χ2v) is 4.81. The van der Waals surface area contributed by atoms with Crippen molar-refractivity contribution >= 4 is 11.6 Å². The van der Waals surface area contributed by atoms with Gasteiger partial charge in [0.2, 0.25) is 0 Å². The van der Waals surface area contributed by atoms with Crippen LogP contribution in [0.3, 0.4) is 0 Å². The molecule has 18 heavy (non-hydrogen) atoms. The molecule has 1 saturated heterocycles. The minimum absolute atomic E-state index is 0.429. The average Bonchev–Trinajstić information content (AvgIpc) is 2.84. The minimum atomic E-state index is 0.429. The number of nitrogens with zero attached hydrogens (tertiary/aromatic N) is 3. The predicted octanol–water partition coefficient (Wildman–Crippen LogP) is 1.53. The molecule has 0 amide bonds. The number of rotatable bonds is 5. The third kappa shape index (κ3) is 2.90. The summed E-state index contributed by atoms with van der Waals surface area (Å²) in [6, 6.07) is 2.47. The van der Waals surface area contributed by atoms with E-state index >= 15 is 0 Å². The molecule has 0 saturated carbocycles. The number of nitrogens with one attached hydrogen (secondary N) is 1. The van der Waals surface area contributed by atoms with Crippen LogP contribution < -0.4 is 16.0 Å². The van der Waals surface area contributed by atoms with Crippen LogP contribution >= 0.6 is 0 Å². The summed E-state index contributed by atoms with van der Waals surface area (Å²) in [5.74, 6) is 2.74. The van der Waals surface area contributed by atoms with Crippen LogP contribution in [0.15, 0.2) is 6.07 Å². The molecule has 1 fully saturated rings. The van der Waals surface area contributed by atoms with Gasteiger partial charge in [-0.15, -0.1) is 0 Å². The third-order valence-electron chi connectivity index (χ3n) is 3.32. The summed E-state index contributed by atoms with van der Waals surface area (Å²) in [6.45, 7) is 6.77. The molecule has 1 aliphatic heterocycles. The van der Waals surface area contributed by atoms with Crippen LogP contribution in [0.5, 0.6) is 0 Å². The zero-order valence-electron chi connectivity index (χ0n) is 11.3. The van der Waals surface area contributed by atoms with Crippen molar-refractivity contribution in [2.24, 2.45) is 5.73 Å². The highest BCUT2D eigenvalue weighted by Crippen LogP contribution is 2.24. The number of hydrogen-bond donors (Lipinski definition) is 2. The van der Waals surface area contributed by atoms with Gasteiger partial charge in [-0.1, -0.05) is 6.92 Å². The number of anilines is 2. The third-order valence-corrected chi connectivity index (χ3v) is 3.32. The van der Waals surface area contributed by atoms with E-state index in [2.05, 4.69) is 27.1 Å². The molecule has 0 radical (unpaired) electrons. The lowest BCUT2D eigenvalue weighted by atomic mass is 10.2. The number of aromatic nitrogens is 2. The Morgan fingerprint density at radius 3 is 3.06 bits per heavy atom. The molecular weight excluding hydrogens is 226 g/mol. The lowest BCUT2D eigenvalue weighted by molar-refractivity contribution is 0.670. The van der Waals surface area contributed by atoms with Crippen molar-refractivity contribution in [2.45, 2.75) is 39.2 Å². The summed E-state index contributed by atoms with van der Waals surface area (Å²) >= 11 is 0. The van der Waals surface area contributed by atoms with Crippen molar-refractivity contribution in [1.29, 1.82) is 0 Å². The summed E-state index contributed by atoms with van der Waals surface area (Å²) in [7, 11) is 0. The largest absolute Gasteiger partial charge is 0.370 e. The Bertz CT molecular complexity index is 393. The van der Waals surface area contributed by atoms with Crippen molar-refractivity contribution < 1.29 is 0 Å². The Kier molecular flexibility index (Phi) is 4.36. The maximum Gasteiger partial charge on any atom is 0.134 e. The van der Waals surface area contributed by atoms with Gasteiger partial charge in [0, 0.05) is 31.7 Å². The van der Waals surface area contributed by atoms with Gasteiger partial charge in [0.05, 0.1) is 0 Å². The van der Waals surface area contributed by atoms with E-state index in [1.807, 2.05) is 13.0 Å². The van der Waals surface area contributed by atoms with E-state index in [0.717, 1.165) is 43.4 Å². The zero-order valence-corrected chi connectivity index (χ0v) is 11.3. The molecule has 1 atom stereocenters. The first-order valence-electron chi connectivity index (χ1n) is 6.81. The molecule has 5 nitrogen and oxygen atoms in total. The van der Waals surface area contributed by atoms with E-state index in [1.54, 1.807) is 0 Å². The van der Waals surface area contributed by atoms with Crippen LogP contribution in [0, 0.1) is 6.92 Å². The fourth-order valence-electron chi connectivity index (χ4n) is 2.43. The van der Waals surface area contributed by atoms with Crippen LogP contribution in [0.2, 0.25) is 0 Å². The first-order chi connectivity index (χ1) is 8.74. The lowest BCUT2D eigenvalue weighted by Gasteiger charge is -2.25. The Balaban J connectivity index is 2.18. The second kappa shape index (κ2) is 6.00. The highest BCUT2D eigenvalue weighted by atomic mass is 15.2. The molecule has 1 aromatic rings. The minimum Gasteiger partial charge on any atom is -0.370 e. The van der Waals surface area contributed by atoms with Gasteiger partial charge in [0.15, 0.2) is 0 Å². The van der Waals surface area contributed by atoms with Crippen molar-refractivity contribution in [3.63, 3.8) is 0 Å². The highest BCUT2D eigenvalue weighted by Gasteiger charge is 2.24. The molecule has 1 unspecified atom stereocenters. The molecular formula is C13H23N5. The molecule has 1 aromatic heterocycles. The SMILES string of the molecule is CCCNc1cc(N2CCCC2CN)nc(C)n1. The van der Waals surface area contributed by atoms with E-state index in [1.165, 1.54) is 6.42 Å². The lowest BCUT2D eigenvalue weighted by Crippen LogP contribution is -2.36. The summed E-state index contributed by atoms with van der Waals surface area (Å²) in [6.07, 6.45) is 3.45. The molecule has 0 aliphatic carbocycles. The second-order valence-electron chi connectivity index (χ2n) is 4.81. The standard InChI is InChI=1S/C13H23N5/c1-3-6-15-12-8-13(17-10(2)16-12)18-7-4-5-11(18)9-14/h8,11H,3-7,9,14H2,1-2H3,(H,15,16,17). The fraction of sp³-hybridized carbons (Fsp3) is 0.692. The number of aryl methyl sites for hydroxylation is 1. The van der Waals surface area contributed by atoms with Crippen LogP contribution in [0.25, 0.3) is 0 Å². The van der Waals surface area contributed by atoms with E-state index < -0.39 is 0 Å². The molecule has 2 rings (SSSR count). The average molecular weight is 249 g/mol. The molecule has 0 aromatic carbocycles. The van der Waals surface area contributed by atoms with Gasteiger partial charge in [-0.25, -0.2) is 9.97 Å². The summed E-state index contributed by atoms with van der Waals surface area (Å²) in [5, 5.41) is 3.32. The summed E-state index contributed by atoms with van der Waals surface area (Å²) < 4.78 is 0. The predicted molar refractivity (Wildman–Crippen MR) is 75.0 cm³/mol. The summed E-state index contributed by atoms with van der Waals surface area (Å²) in [5.41, 5.74) is 5.82. The first kappa shape index (κ1) is 13.1. The van der Waals surface area contributed by atoms with E-state index in [0.29, 0.717) is 12.6 Å². The van der Waals surface area contributed by atoms with Crippen LogP contribution in [0.4, 0.5) is 11.6 Å². The van der Waals surface area contributed by atoms with E-state index in [9.17, 15) is 0 Å². The maximum atomic E-state index is 5.82. The quantitative estimate of drug-likeness (QED) is 0.828. The van der Waals surface area contributed by atoms with Crippen molar-refractivity contribution in [1.82, 2.24) is 9.97 Å². The number of hydrogen-bond acceptors (Lipinski definition) is 5. The highest BCUT2D eigenvalue weighted by molar-refractivity contribution is 5.50.